The number of rotatable bonds is 12. The van der Waals surface area contributed by atoms with Crippen molar-refractivity contribution in [3.05, 3.63) is 0 Å². The molecule has 0 aromatic heterocycles. The van der Waals surface area contributed by atoms with Crippen molar-refractivity contribution >= 4 is 8.80 Å². The summed E-state index contributed by atoms with van der Waals surface area (Å²) in [5.74, 6) is 0. The highest BCUT2D eigenvalue weighted by molar-refractivity contribution is 6.60. The van der Waals surface area contributed by atoms with E-state index in [4.69, 9.17) is 13.3 Å². The van der Waals surface area contributed by atoms with Gasteiger partial charge in [0.15, 0.2) is 0 Å². The zero-order valence-corrected chi connectivity index (χ0v) is 16.1. The zero-order chi connectivity index (χ0) is 16.3. The Kier molecular flexibility index (Phi) is 10.5. The van der Waals surface area contributed by atoms with E-state index in [1.165, 1.54) is 45.1 Å². The second kappa shape index (κ2) is 11.5. The highest BCUT2D eigenvalue weighted by Crippen LogP contribution is 2.12. The molecule has 6 heteroatoms. The fourth-order valence-electron chi connectivity index (χ4n) is 3.00. The van der Waals surface area contributed by atoms with Gasteiger partial charge >= 0.3 is 8.80 Å². The summed E-state index contributed by atoms with van der Waals surface area (Å²) in [4.78, 5) is 5.01. The van der Waals surface area contributed by atoms with Crippen LogP contribution in [0.3, 0.4) is 0 Å². The molecule has 0 bridgehead atoms. The van der Waals surface area contributed by atoms with Crippen LogP contribution >= 0.6 is 0 Å². The molecular formula is C16H36N2O3Si. The maximum absolute atomic E-state index is 5.52. The molecule has 0 N–H and O–H groups in total. The van der Waals surface area contributed by atoms with E-state index in [0.717, 1.165) is 32.3 Å². The van der Waals surface area contributed by atoms with Gasteiger partial charge in [-0.25, -0.2) is 0 Å². The van der Waals surface area contributed by atoms with Crippen molar-refractivity contribution < 1.29 is 13.3 Å². The highest BCUT2D eigenvalue weighted by Gasteiger charge is 2.40. The van der Waals surface area contributed by atoms with Gasteiger partial charge in [-0.3, -0.25) is 4.90 Å². The van der Waals surface area contributed by atoms with E-state index in [9.17, 15) is 0 Å². The average molecular weight is 333 g/mol. The summed E-state index contributed by atoms with van der Waals surface area (Å²) < 4.78 is 16.5. The second-order valence-corrected chi connectivity index (χ2v) is 9.09. The first-order chi connectivity index (χ1) is 10.7. The molecule has 1 aliphatic heterocycles. The number of piperazine rings is 1. The summed E-state index contributed by atoms with van der Waals surface area (Å²) in [6, 6.07) is 0. The molecule has 0 saturated carbocycles. The van der Waals surface area contributed by atoms with Crippen LogP contribution in [0.25, 0.3) is 0 Å². The van der Waals surface area contributed by atoms with Crippen LogP contribution in [-0.2, 0) is 13.3 Å². The SMILES string of the molecule is CCCCCCCCN1CCN(C[Si](OC)(OC)OC)CC1. The maximum atomic E-state index is 5.52. The summed E-state index contributed by atoms with van der Waals surface area (Å²) in [5.41, 5.74) is 0. The van der Waals surface area contributed by atoms with Gasteiger partial charge in [0, 0.05) is 47.5 Å². The molecule has 0 aliphatic carbocycles. The van der Waals surface area contributed by atoms with Crippen molar-refractivity contribution in [3.8, 4) is 0 Å². The Balaban J connectivity index is 2.15. The highest BCUT2D eigenvalue weighted by atomic mass is 28.4. The van der Waals surface area contributed by atoms with Crippen molar-refractivity contribution in [2.75, 3.05) is 60.2 Å². The van der Waals surface area contributed by atoms with Crippen LogP contribution in [0.1, 0.15) is 45.4 Å². The van der Waals surface area contributed by atoms with Crippen LogP contribution in [-0.4, -0.2) is 78.8 Å². The Bertz CT molecular complexity index is 262. The Morgan fingerprint density at radius 2 is 1.23 bits per heavy atom. The molecule has 1 heterocycles. The quantitative estimate of drug-likeness (QED) is 0.405. The predicted molar refractivity (Wildman–Crippen MR) is 93.0 cm³/mol. The normalized spacial score (nSPS) is 18.0. The largest absolute Gasteiger partial charge is 0.514 e. The maximum Gasteiger partial charge on any atom is 0.514 e. The van der Waals surface area contributed by atoms with Crippen LogP contribution in [0.4, 0.5) is 0 Å². The summed E-state index contributed by atoms with van der Waals surface area (Å²) in [6.45, 7) is 7.99. The Hall–Kier alpha value is 0.0169. The molecule has 132 valence electrons. The van der Waals surface area contributed by atoms with E-state index in [-0.39, 0.29) is 0 Å². The second-order valence-electron chi connectivity index (χ2n) is 6.18. The molecule has 1 fully saturated rings. The molecule has 0 aromatic rings. The standard InChI is InChI=1S/C16H36N2O3Si/c1-5-6-7-8-9-10-11-17-12-14-18(15-13-17)16-22(19-2,20-3)21-4/h5-16H2,1-4H3. The lowest BCUT2D eigenvalue weighted by Gasteiger charge is -2.37. The Morgan fingerprint density at radius 3 is 1.77 bits per heavy atom. The lowest BCUT2D eigenvalue weighted by Crippen LogP contribution is -2.57. The molecule has 0 amide bonds. The molecule has 5 nitrogen and oxygen atoms in total. The van der Waals surface area contributed by atoms with E-state index >= 15 is 0 Å². The van der Waals surface area contributed by atoms with Crippen LogP contribution in [0.2, 0.25) is 0 Å². The van der Waals surface area contributed by atoms with Gasteiger partial charge in [-0.2, -0.15) is 0 Å². The minimum atomic E-state index is -2.46. The molecule has 1 saturated heterocycles. The first-order valence-electron chi connectivity index (χ1n) is 8.80. The van der Waals surface area contributed by atoms with E-state index in [0.29, 0.717) is 0 Å². The van der Waals surface area contributed by atoms with E-state index in [2.05, 4.69) is 16.7 Å². The summed E-state index contributed by atoms with van der Waals surface area (Å²) >= 11 is 0. The lowest BCUT2D eigenvalue weighted by atomic mass is 10.1. The van der Waals surface area contributed by atoms with Crippen molar-refractivity contribution in [1.82, 2.24) is 9.80 Å². The molecule has 0 spiro atoms. The molecule has 0 atom stereocenters. The van der Waals surface area contributed by atoms with Gasteiger partial charge < -0.3 is 18.2 Å². The minimum absolute atomic E-state index is 0.793. The minimum Gasteiger partial charge on any atom is -0.376 e. The summed E-state index contributed by atoms with van der Waals surface area (Å²) in [5, 5.41) is 0. The molecule has 22 heavy (non-hydrogen) atoms. The fourth-order valence-corrected chi connectivity index (χ4v) is 4.76. The molecular weight excluding hydrogens is 296 g/mol. The van der Waals surface area contributed by atoms with Gasteiger partial charge in [0.1, 0.15) is 0 Å². The van der Waals surface area contributed by atoms with Gasteiger partial charge in [0.25, 0.3) is 0 Å². The summed E-state index contributed by atoms with van der Waals surface area (Å²) in [7, 11) is 2.60. The number of hydrogen-bond donors (Lipinski definition) is 0. The summed E-state index contributed by atoms with van der Waals surface area (Å²) in [6.07, 6.45) is 9.05. The number of unbranched alkanes of at least 4 members (excludes halogenated alkanes) is 5. The first-order valence-corrected chi connectivity index (χ1v) is 10.7. The van der Waals surface area contributed by atoms with Crippen molar-refractivity contribution in [2.45, 2.75) is 45.4 Å². The molecule has 1 rings (SSSR count). The lowest BCUT2D eigenvalue weighted by molar-refractivity contribution is 0.0822. The van der Waals surface area contributed by atoms with Crippen LogP contribution in [0.15, 0.2) is 0 Å². The Labute approximate surface area is 138 Å². The van der Waals surface area contributed by atoms with E-state index < -0.39 is 8.80 Å². The Morgan fingerprint density at radius 1 is 0.727 bits per heavy atom. The average Bonchev–Trinajstić information content (AvgIpc) is 2.57. The zero-order valence-electron chi connectivity index (χ0n) is 15.1. The molecule has 0 unspecified atom stereocenters. The van der Waals surface area contributed by atoms with Gasteiger partial charge in [-0.1, -0.05) is 39.0 Å². The molecule has 1 aliphatic rings. The predicted octanol–water partition coefficient (Wildman–Crippen LogP) is 2.38. The number of nitrogens with zero attached hydrogens (tertiary/aromatic N) is 2. The van der Waals surface area contributed by atoms with Gasteiger partial charge in [0.2, 0.25) is 0 Å². The monoisotopic (exact) mass is 332 g/mol. The third-order valence-electron chi connectivity index (χ3n) is 4.64. The van der Waals surface area contributed by atoms with Gasteiger partial charge in [-0.15, -0.1) is 0 Å². The van der Waals surface area contributed by atoms with Crippen LogP contribution in [0.5, 0.6) is 0 Å². The van der Waals surface area contributed by atoms with E-state index in [1.54, 1.807) is 21.3 Å². The number of hydrogen-bond acceptors (Lipinski definition) is 5. The topological polar surface area (TPSA) is 34.2 Å². The smallest absolute Gasteiger partial charge is 0.376 e. The van der Waals surface area contributed by atoms with Crippen molar-refractivity contribution in [3.63, 3.8) is 0 Å². The van der Waals surface area contributed by atoms with Crippen LogP contribution < -0.4 is 0 Å². The van der Waals surface area contributed by atoms with Crippen molar-refractivity contribution in [1.29, 1.82) is 0 Å². The van der Waals surface area contributed by atoms with E-state index in [1.807, 2.05) is 0 Å². The third kappa shape index (κ3) is 7.06. The molecule has 0 radical (unpaired) electrons. The van der Waals surface area contributed by atoms with Gasteiger partial charge in [-0.05, 0) is 13.0 Å². The third-order valence-corrected chi connectivity index (χ3v) is 7.34. The van der Waals surface area contributed by atoms with Crippen LogP contribution in [0, 0.1) is 0 Å². The fraction of sp³-hybridized carbons (Fsp3) is 1.00. The molecule has 0 aromatic carbocycles. The van der Waals surface area contributed by atoms with Crippen molar-refractivity contribution in [2.24, 2.45) is 0 Å². The first kappa shape index (κ1) is 20.1. The van der Waals surface area contributed by atoms with Gasteiger partial charge in [0.05, 0.1) is 6.17 Å².